The highest BCUT2D eigenvalue weighted by molar-refractivity contribution is 8.07. The predicted octanol–water partition coefficient (Wildman–Crippen LogP) is 4.31. The quantitative estimate of drug-likeness (QED) is 0.115. The molecule has 36 heavy (non-hydrogen) atoms. The number of nitrogens with two attached hydrogens (primary N) is 1. The van der Waals surface area contributed by atoms with Crippen LogP contribution in [0.15, 0.2) is 94.7 Å². The summed E-state index contributed by atoms with van der Waals surface area (Å²) in [5.41, 5.74) is 6.99. The Morgan fingerprint density at radius 3 is 2.31 bits per heavy atom. The molecule has 0 bridgehead atoms. The van der Waals surface area contributed by atoms with Crippen LogP contribution in [0.5, 0.6) is 5.75 Å². The number of hydrogen-bond donors (Lipinski definition) is 2. The molecule has 0 radical (unpaired) electrons. The Hall–Kier alpha value is -3.73. The molecular weight excluding hydrogens is 500 g/mol. The molecule has 186 valence electrons. The Bertz CT molecular complexity index is 1640. The minimum Gasteiger partial charge on any atom is -0.491 e. The molecule has 0 spiro atoms. The van der Waals surface area contributed by atoms with E-state index >= 15 is 0 Å². The highest BCUT2D eigenvalue weighted by Crippen LogP contribution is 2.29. The normalized spacial score (nSPS) is 11.9. The van der Waals surface area contributed by atoms with Crippen molar-refractivity contribution in [1.29, 1.82) is 5.41 Å². The van der Waals surface area contributed by atoms with Gasteiger partial charge in [-0.2, -0.15) is 8.42 Å². The first-order valence-corrected chi connectivity index (χ1v) is 13.8. The number of fused-ring (bicyclic) bond motifs is 1. The zero-order chi connectivity index (χ0) is 25.9. The minimum absolute atomic E-state index is 0.00559. The lowest BCUT2D eigenvalue weighted by molar-refractivity contribution is 0.221. The standard InChI is InChI=1S/C26H24N2O6S2/c1-18-9-12-21(13-10-18)36(31,32)34-16-15-33-20-11-14-24(27)23(17-20)26(28)35(29,30)25-8-4-6-19-5-2-3-7-22(19)25/h2-14,17,28H,15-16,27H2,1H3. The van der Waals surface area contributed by atoms with Crippen LogP contribution >= 0.6 is 0 Å². The highest BCUT2D eigenvalue weighted by Gasteiger charge is 2.26. The average Bonchev–Trinajstić information content (AvgIpc) is 2.87. The van der Waals surface area contributed by atoms with Crippen LogP contribution in [0, 0.1) is 12.3 Å². The van der Waals surface area contributed by atoms with Crippen LogP contribution < -0.4 is 10.5 Å². The first-order chi connectivity index (χ1) is 17.1. The Balaban J connectivity index is 1.49. The molecule has 0 saturated heterocycles. The molecule has 10 heteroatoms. The molecule has 0 amide bonds. The maximum atomic E-state index is 13.3. The van der Waals surface area contributed by atoms with Gasteiger partial charge in [0.25, 0.3) is 10.1 Å². The second-order valence-corrected chi connectivity index (χ2v) is 11.5. The topological polar surface area (TPSA) is 137 Å². The zero-order valence-electron chi connectivity index (χ0n) is 19.3. The van der Waals surface area contributed by atoms with Crippen molar-refractivity contribution in [2.45, 2.75) is 16.7 Å². The van der Waals surface area contributed by atoms with E-state index in [9.17, 15) is 16.8 Å². The Morgan fingerprint density at radius 2 is 1.56 bits per heavy atom. The van der Waals surface area contributed by atoms with E-state index in [2.05, 4.69) is 0 Å². The summed E-state index contributed by atoms with van der Waals surface area (Å²) in [5.74, 6) is 0.216. The molecule has 0 aliphatic carbocycles. The number of ether oxygens (including phenoxy) is 1. The van der Waals surface area contributed by atoms with Crippen LogP contribution in [0.4, 0.5) is 5.69 Å². The Labute approximate surface area is 209 Å². The molecule has 8 nitrogen and oxygen atoms in total. The number of benzene rings is 4. The van der Waals surface area contributed by atoms with E-state index in [4.69, 9.17) is 20.1 Å². The largest absolute Gasteiger partial charge is 0.491 e. The monoisotopic (exact) mass is 524 g/mol. The van der Waals surface area contributed by atoms with Crippen molar-refractivity contribution in [3.05, 3.63) is 96.1 Å². The Kier molecular flexibility index (Phi) is 7.11. The van der Waals surface area contributed by atoms with Gasteiger partial charge >= 0.3 is 0 Å². The van der Waals surface area contributed by atoms with Crippen molar-refractivity contribution in [2.75, 3.05) is 18.9 Å². The SMILES string of the molecule is Cc1ccc(S(=O)(=O)OCCOc2ccc(N)c(C(=N)S(=O)(=O)c3cccc4ccccc34)c2)cc1. The fourth-order valence-electron chi connectivity index (χ4n) is 3.58. The second-order valence-electron chi connectivity index (χ2n) is 8.00. The number of nitrogen functional groups attached to an aromatic ring is 1. The van der Waals surface area contributed by atoms with Crippen molar-refractivity contribution >= 4 is 41.5 Å². The third-order valence-corrected chi connectivity index (χ3v) is 8.50. The summed E-state index contributed by atoms with van der Waals surface area (Å²) >= 11 is 0. The number of anilines is 1. The molecule has 4 aromatic carbocycles. The third kappa shape index (κ3) is 5.25. The first kappa shape index (κ1) is 25.4. The molecule has 4 rings (SSSR count). The van der Waals surface area contributed by atoms with Crippen LogP contribution in [0.25, 0.3) is 10.8 Å². The van der Waals surface area contributed by atoms with Gasteiger partial charge in [0.2, 0.25) is 9.84 Å². The average molecular weight is 525 g/mol. The molecule has 4 aromatic rings. The zero-order valence-corrected chi connectivity index (χ0v) is 21.0. The number of sulfone groups is 1. The molecule has 3 N–H and O–H groups in total. The van der Waals surface area contributed by atoms with Crippen LogP contribution in [0.3, 0.4) is 0 Å². The van der Waals surface area contributed by atoms with Gasteiger partial charge in [-0.25, -0.2) is 8.42 Å². The van der Waals surface area contributed by atoms with Crippen LogP contribution in [-0.2, 0) is 24.1 Å². The first-order valence-electron chi connectivity index (χ1n) is 10.9. The van der Waals surface area contributed by atoms with Crippen molar-refractivity contribution in [3.8, 4) is 5.75 Å². The van der Waals surface area contributed by atoms with Gasteiger partial charge in [-0.15, -0.1) is 0 Å². The van der Waals surface area contributed by atoms with Crippen LogP contribution in [0.1, 0.15) is 11.1 Å². The molecule has 0 heterocycles. The molecule has 0 aliphatic heterocycles. The fraction of sp³-hybridized carbons (Fsp3) is 0.115. The molecule has 0 saturated carbocycles. The Morgan fingerprint density at radius 1 is 0.861 bits per heavy atom. The van der Waals surface area contributed by atoms with Crippen LogP contribution in [-0.4, -0.2) is 35.1 Å². The third-order valence-electron chi connectivity index (χ3n) is 5.48. The summed E-state index contributed by atoms with van der Waals surface area (Å²) in [4.78, 5) is 0.0426. The van der Waals surface area contributed by atoms with E-state index in [1.165, 1.54) is 36.4 Å². The molecule has 0 atom stereocenters. The molecule has 0 aliphatic rings. The summed E-state index contributed by atoms with van der Waals surface area (Å²) in [6, 6.07) is 22.4. The summed E-state index contributed by atoms with van der Waals surface area (Å²) in [6.07, 6.45) is 0. The van der Waals surface area contributed by atoms with Crippen LogP contribution in [0.2, 0.25) is 0 Å². The molecule has 0 aromatic heterocycles. The fourth-order valence-corrected chi connectivity index (χ4v) is 5.90. The molecular formula is C26H24N2O6S2. The van der Waals surface area contributed by atoms with Gasteiger partial charge in [0.1, 0.15) is 19.0 Å². The van der Waals surface area contributed by atoms with Gasteiger partial charge in [-0.3, -0.25) is 9.59 Å². The van der Waals surface area contributed by atoms with E-state index < -0.39 is 25.0 Å². The lowest BCUT2D eigenvalue weighted by atomic mass is 10.1. The summed E-state index contributed by atoms with van der Waals surface area (Å²) in [7, 11) is -8.13. The summed E-state index contributed by atoms with van der Waals surface area (Å²) in [6.45, 7) is 1.46. The van der Waals surface area contributed by atoms with Gasteiger partial charge in [0.05, 0.1) is 9.79 Å². The van der Waals surface area contributed by atoms with E-state index in [1.807, 2.05) is 6.92 Å². The smallest absolute Gasteiger partial charge is 0.297 e. The van der Waals surface area contributed by atoms with Crippen molar-refractivity contribution in [1.82, 2.24) is 0 Å². The summed E-state index contributed by atoms with van der Waals surface area (Å²) in [5, 5.41) is 9.03. The van der Waals surface area contributed by atoms with Crippen molar-refractivity contribution in [2.24, 2.45) is 0 Å². The van der Waals surface area contributed by atoms with E-state index in [0.717, 1.165) is 10.9 Å². The number of hydrogen-bond acceptors (Lipinski definition) is 8. The van der Waals surface area contributed by atoms with Crippen molar-refractivity contribution in [3.63, 3.8) is 0 Å². The van der Waals surface area contributed by atoms with Gasteiger partial charge in [-0.05, 0) is 48.7 Å². The minimum atomic E-state index is -4.19. The lowest BCUT2D eigenvalue weighted by Crippen LogP contribution is -2.18. The second kappa shape index (κ2) is 10.1. The highest BCUT2D eigenvalue weighted by atomic mass is 32.2. The number of aryl methyl sites for hydroxylation is 1. The lowest BCUT2D eigenvalue weighted by Gasteiger charge is -2.13. The molecule has 0 fully saturated rings. The van der Waals surface area contributed by atoms with E-state index in [-0.39, 0.29) is 40.0 Å². The van der Waals surface area contributed by atoms with Gasteiger partial charge < -0.3 is 10.5 Å². The maximum Gasteiger partial charge on any atom is 0.297 e. The van der Waals surface area contributed by atoms with Gasteiger partial charge in [0.15, 0.2) is 5.04 Å². The number of rotatable bonds is 8. The predicted molar refractivity (Wildman–Crippen MR) is 139 cm³/mol. The van der Waals surface area contributed by atoms with Gasteiger partial charge in [0, 0.05) is 16.6 Å². The maximum absolute atomic E-state index is 13.3. The van der Waals surface area contributed by atoms with E-state index in [0.29, 0.717) is 5.39 Å². The van der Waals surface area contributed by atoms with Gasteiger partial charge in [-0.1, -0.05) is 54.1 Å². The number of nitrogens with one attached hydrogen (secondary N) is 1. The van der Waals surface area contributed by atoms with E-state index in [1.54, 1.807) is 48.5 Å². The van der Waals surface area contributed by atoms with Crippen molar-refractivity contribution < 1.29 is 25.8 Å². The molecule has 0 unspecified atom stereocenters. The summed E-state index contributed by atoms with van der Waals surface area (Å²) < 4.78 is 61.8.